The number of thiophene rings is 1. The zero-order chi connectivity index (χ0) is 31.8. The molecule has 8 nitrogen and oxygen atoms in total. The number of ether oxygens (including phenoxy) is 1. The normalized spacial score (nSPS) is 13.2. The molecule has 230 valence electrons. The van der Waals surface area contributed by atoms with E-state index in [0.717, 1.165) is 46.6 Å². The fourth-order valence-corrected chi connectivity index (χ4v) is 7.15. The van der Waals surface area contributed by atoms with Crippen LogP contribution in [-0.2, 0) is 27.2 Å². The molecule has 0 saturated carbocycles. The van der Waals surface area contributed by atoms with Gasteiger partial charge in [-0.1, -0.05) is 54.6 Å². The van der Waals surface area contributed by atoms with Crippen LogP contribution in [0.5, 0.6) is 0 Å². The second kappa shape index (κ2) is 14.9. The molecule has 1 aromatic heterocycles. The summed E-state index contributed by atoms with van der Waals surface area (Å²) in [5.41, 5.74) is 3.22. The predicted molar refractivity (Wildman–Crippen MR) is 180 cm³/mol. The highest BCUT2D eigenvalue weighted by molar-refractivity contribution is 8.00. The van der Waals surface area contributed by atoms with Crippen LogP contribution >= 0.6 is 23.1 Å². The van der Waals surface area contributed by atoms with Crippen molar-refractivity contribution < 1.29 is 23.9 Å². The summed E-state index contributed by atoms with van der Waals surface area (Å²) >= 11 is 2.77. The van der Waals surface area contributed by atoms with E-state index >= 15 is 0 Å². The van der Waals surface area contributed by atoms with Gasteiger partial charge >= 0.3 is 5.97 Å². The van der Waals surface area contributed by atoms with Crippen molar-refractivity contribution >= 4 is 63.6 Å². The van der Waals surface area contributed by atoms with Gasteiger partial charge in [0.2, 0.25) is 5.91 Å². The lowest BCUT2D eigenvalue weighted by Crippen LogP contribution is -2.30. The van der Waals surface area contributed by atoms with Crippen molar-refractivity contribution in [1.82, 2.24) is 5.32 Å². The molecular formula is C35H33N3O5S2. The van der Waals surface area contributed by atoms with Crippen LogP contribution in [-0.4, -0.2) is 36.1 Å². The number of rotatable bonds is 10. The summed E-state index contributed by atoms with van der Waals surface area (Å²) < 4.78 is 5.03. The molecule has 45 heavy (non-hydrogen) atoms. The third-order valence-electron chi connectivity index (χ3n) is 7.21. The molecule has 1 aliphatic rings. The van der Waals surface area contributed by atoms with Crippen LogP contribution in [0.2, 0.25) is 0 Å². The number of thioether (sulfide) groups is 1. The first-order valence-corrected chi connectivity index (χ1v) is 16.3. The van der Waals surface area contributed by atoms with Gasteiger partial charge in [0.1, 0.15) is 10.7 Å². The van der Waals surface area contributed by atoms with Crippen LogP contribution in [0.15, 0.2) is 95.5 Å². The lowest BCUT2D eigenvalue weighted by molar-refractivity contribution is -0.115. The fourth-order valence-electron chi connectivity index (χ4n) is 4.95. The van der Waals surface area contributed by atoms with Crippen LogP contribution in [0.1, 0.15) is 56.5 Å². The maximum absolute atomic E-state index is 13.4. The third-order valence-corrected chi connectivity index (χ3v) is 9.51. The average Bonchev–Trinajstić information content (AvgIpc) is 3.42. The molecule has 10 heteroatoms. The van der Waals surface area contributed by atoms with Crippen molar-refractivity contribution in [2.24, 2.45) is 0 Å². The van der Waals surface area contributed by atoms with E-state index < -0.39 is 23.0 Å². The summed E-state index contributed by atoms with van der Waals surface area (Å²) in [5, 5.41) is 8.60. The van der Waals surface area contributed by atoms with Crippen molar-refractivity contribution in [2.75, 3.05) is 17.7 Å². The highest BCUT2D eigenvalue weighted by atomic mass is 32.2. The smallest absolute Gasteiger partial charge is 0.341 e. The summed E-state index contributed by atoms with van der Waals surface area (Å²) in [7, 11) is 1.35. The minimum atomic E-state index is -0.501. The molecule has 3 aromatic carbocycles. The van der Waals surface area contributed by atoms with Crippen LogP contribution in [0.3, 0.4) is 0 Å². The van der Waals surface area contributed by atoms with Gasteiger partial charge in [0.15, 0.2) is 0 Å². The summed E-state index contributed by atoms with van der Waals surface area (Å²) in [5.74, 6) is -1.57. The van der Waals surface area contributed by atoms with Crippen molar-refractivity contribution in [3.05, 3.63) is 118 Å². The maximum atomic E-state index is 13.4. The molecule has 3 amide bonds. The second-order valence-corrected chi connectivity index (χ2v) is 12.9. The highest BCUT2D eigenvalue weighted by Gasteiger charge is 2.28. The van der Waals surface area contributed by atoms with E-state index in [1.807, 2.05) is 42.5 Å². The van der Waals surface area contributed by atoms with Gasteiger partial charge in [-0.2, -0.15) is 0 Å². The quantitative estimate of drug-likeness (QED) is 0.0984. The molecule has 0 aliphatic heterocycles. The number of carbonyl (C=O) groups excluding carboxylic acids is 4. The third kappa shape index (κ3) is 8.09. The fraction of sp³-hybridized carbons (Fsp3) is 0.200. The first-order chi connectivity index (χ1) is 21.8. The van der Waals surface area contributed by atoms with Gasteiger partial charge in [-0.3, -0.25) is 14.4 Å². The van der Waals surface area contributed by atoms with Gasteiger partial charge in [0.25, 0.3) is 11.8 Å². The summed E-state index contributed by atoms with van der Waals surface area (Å²) in [6, 6.07) is 25.1. The molecule has 1 atom stereocenters. The number of anilines is 2. The zero-order valence-corrected chi connectivity index (χ0v) is 26.6. The number of carbonyl (C=O) groups is 4. The Morgan fingerprint density at radius 2 is 1.60 bits per heavy atom. The topological polar surface area (TPSA) is 114 Å². The van der Waals surface area contributed by atoms with Gasteiger partial charge < -0.3 is 20.7 Å². The number of hydrogen-bond donors (Lipinski definition) is 3. The van der Waals surface area contributed by atoms with Crippen molar-refractivity contribution in [3.8, 4) is 0 Å². The van der Waals surface area contributed by atoms with Gasteiger partial charge in [-0.15, -0.1) is 23.1 Å². The standard InChI is InChI=1S/C35H33N3O5S2/c1-22(31(39)38-34-30(35(42)43-2)27-18-9-10-19-29(27)45-34)44-26-17-11-16-25(21-26)36-33(41)28(20-23-12-5-3-6-13-23)37-32(40)24-14-7-4-8-15-24/h3-8,11-17,20-22H,9-10,18-19H2,1-2H3,(H,36,41)(H,37,40)(H,38,39)/b28-20-. The molecule has 0 radical (unpaired) electrons. The van der Waals surface area contributed by atoms with Crippen LogP contribution < -0.4 is 16.0 Å². The number of benzene rings is 3. The van der Waals surface area contributed by atoms with Gasteiger partial charge in [0.05, 0.1) is 17.9 Å². The Balaban J connectivity index is 1.28. The average molecular weight is 640 g/mol. The molecular weight excluding hydrogens is 607 g/mol. The van der Waals surface area contributed by atoms with Gasteiger partial charge in [-0.05, 0) is 80.1 Å². The van der Waals surface area contributed by atoms with E-state index in [-0.39, 0.29) is 11.6 Å². The van der Waals surface area contributed by atoms with E-state index in [1.54, 1.807) is 55.5 Å². The Bertz CT molecular complexity index is 1730. The number of fused-ring (bicyclic) bond motifs is 1. The van der Waals surface area contributed by atoms with E-state index in [9.17, 15) is 19.2 Å². The van der Waals surface area contributed by atoms with E-state index in [0.29, 0.717) is 21.8 Å². The molecule has 1 heterocycles. The van der Waals surface area contributed by atoms with Crippen molar-refractivity contribution in [3.63, 3.8) is 0 Å². The van der Waals surface area contributed by atoms with Crippen LogP contribution in [0, 0.1) is 0 Å². The van der Waals surface area contributed by atoms with Crippen LogP contribution in [0.25, 0.3) is 6.08 Å². The summed E-state index contributed by atoms with van der Waals surface area (Å²) in [6.07, 6.45) is 5.37. The first-order valence-electron chi connectivity index (χ1n) is 14.6. The minimum absolute atomic E-state index is 0.0842. The van der Waals surface area contributed by atoms with Gasteiger partial charge in [0, 0.05) is 21.0 Å². The molecule has 0 spiro atoms. The Hall–Kier alpha value is -4.67. The van der Waals surface area contributed by atoms with E-state index in [4.69, 9.17) is 4.74 Å². The van der Waals surface area contributed by atoms with E-state index in [1.165, 1.54) is 30.2 Å². The Labute approximate surface area is 270 Å². The highest BCUT2D eigenvalue weighted by Crippen LogP contribution is 2.39. The molecule has 3 N–H and O–H groups in total. The number of hydrogen-bond acceptors (Lipinski definition) is 7. The number of nitrogens with one attached hydrogen (secondary N) is 3. The molecule has 0 bridgehead atoms. The second-order valence-electron chi connectivity index (χ2n) is 10.4. The number of esters is 1. The molecule has 0 saturated heterocycles. The predicted octanol–water partition coefficient (Wildman–Crippen LogP) is 6.94. The monoisotopic (exact) mass is 639 g/mol. The summed E-state index contributed by atoms with van der Waals surface area (Å²) in [4.78, 5) is 54.0. The zero-order valence-electron chi connectivity index (χ0n) is 24.9. The van der Waals surface area contributed by atoms with Crippen molar-refractivity contribution in [2.45, 2.75) is 42.8 Å². The number of methoxy groups -OCH3 is 1. The lowest BCUT2D eigenvalue weighted by atomic mass is 9.95. The molecule has 5 rings (SSSR count). The number of aryl methyl sites for hydroxylation is 1. The molecule has 0 fully saturated rings. The molecule has 4 aromatic rings. The maximum Gasteiger partial charge on any atom is 0.341 e. The van der Waals surface area contributed by atoms with Crippen LogP contribution in [0.4, 0.5) is 10.7 Å². The summed E-state index contributed by atoms with van der Waals surface area (Å²) in [6.45, 7) is 1.79. The van der Waals surface area contributed by atoms with Gasteiger partial charge in [-0.25, -0.2) is 4.79 Å². The lowest BCUT2D eigenvalue weighted by Gasteiger charge is -2.14. The first kappa shape index (κ1) is 31.7. The van der Waals surface area contributed by atoms with Crippen molar-refractivity contribution in [1.29, 1.82) is 0 Å². The largest absolute Gasteiger partial charge is 0.465 e. The minimum Gasteiger partial charge on any atom is -0.465 e. The Morgan fingerprint density at radius 3 is 2.33 bits per heavy atom. The SMILES string of the molecule is COC(=O)c1c(NC(=O)C(C)Sc2cccc(NC(=O)/C(=C/c3ccccc3)NC(=O)c3ccccc3)c2)sc2c1CCCC2. The van der Waals surface area contributed by atoms with E-state index in [2.05, 4.69) is 16.0 Å². The molecule has 1 aliphatic carbocycles. The number of amides is 3. The molecule has 1 unspecified atom stereocenters. The Kier molecular flexibility index (Phi) is 10.5. The Morgan fingerprint density at radius 1 is 0.889 bits per heavy atom.